The van der Waals surface area contributed by atoms with Crippen molar-refractivity contribution in [2.45, 2.75) is 64.1 Å². The lowest BCUT2D eigenvalue weighted by atomic mass is 9.78. The van der Waals surface area contributed by atoms with E-state index >= 15 is 0 Å². The molecular formula is C13H26N2O3. The Bertz CT molecular complexity index is 274. The van der Waals surface area contributed by atoms with Crippen LogP contribution in [-0.4, -0.2) is 57.0 Å². The zero-order chi connectivity index (χ0) is 14.0. The zero-order valence-electron chi connectivity index (χ0n) is 11.9. The molecular weight excluding hydrogens is 232 g/mol. The van der Waals surface area contributed by atoms with Crippen LogP contribution in [0.1, 0.15) is 47.0 Å². The summed E-state index contributed by atoms with van der Waals surface area (Å²) >= 11 is 0. The van der Waals surface area contributed by atoms with Crippen molar-refractivity contribution >= 4 is 6.41 Å². The van der Waals surface area contributed by atoms with Crippen molar-refractivity contribution < 1.29 is 15.1 Å². The Balaban J connectivity index is 2.81. The molecule has 0 aromatic carbocycles. The van der Waals surface area contributed by atoms with E-state index in [1.165, 1.54) is 5.06 Å². The molecule has 0 aromatic heterocycles. The molecule has 1 saturated heterocycles. The van der Waals surface area contributed by atoms with Crippen LogP contribution < -0.4 is 0 Å². The first kappa shape index (κ1) is 15.4. The van der Waals surface area contributed by atoms with Crippen LogP contribution in [0.2, 0.25) is 0 Å². The first-order valence-electron chi connectivity index (χ1n) is 6.56. The molecule has 0 saturated carbocycles. The minimum atomic E-state index is -0.354. The second kappa shape index (κ2) is 5.55. The average molecular weight is 258 g/mol. The van der Waals surface area contributed by atoms with Crippen LogP contribution in [0.25, 0.3) is 0 Å². The molecule has 0 atom stereocenters. The number of nitrogens with zero attached hydrogens (tertiary/aromatic N) is 2. The summed E-state index contributed by atoms with van der Waals surface area (Å²) in [5.74, 6) is 0. The average Bonchev–Trinajstić information content (AvgIpc) is 2.26. The number of aliphatic hydroxyl groups is 1. The van der Waals surface area contributed by atoms with Crippen molar-refractivity contribution in [2.75, 3.05) is 13.2 Å². The van der Waals surface area contributed by atoms with Gasteiger partial charge in [-0.1, -0.05) is 0 Å². The Hall–Kier alpha value is -0.650. The number of hydroxylamine groups is 2. The fourth-order valence-corrected chi connectivity index (χ4v) is 3.03. The van der Waals surface area contributed by atoms with Crippen LogP contribution in [-0.2, 0) is 4.79 Å². The van der Waals surface area contributed by atoms with Gasteiger partial charge in [-0.25, -0.2) is 0 Å². The maximum atomic E-state index is 11.2. The van der Waals surface area contributed by atoms with E-state index < -0.39 is 0 Å². The molecule has 1 aliphatic heterocycles. The van der Waals surface area contributed by atoms with E-state index in [4.69, 9.17) is 5.11 Å². The van der Waals surface area contributed by atoms with Gasteiger partial charge in [0.15, 0.2) is 0 Å². The molecule has 5 heteroatoms. The van der Waals surface area contributed by atoms with Crippen molar-refractivity contribution in [3.63, 3.8) is 0 Å². The van der Waals surface area contributed by atoms with Gasteiger partial charge in [0, 0.05) is 30.3 Å². The molecule has 0 unspecified atom stereocenters. The largest absolute Gasteiger partial charge is 0.396 e. The molecule has 18 heavy (non-hydrogen) atoms. The molecule has 0 bridgehead atoms. The van der Waals surface area contributed by atoms with Gasteiger partial charge in [-0.05, 0) is 47.0 Å². The molecule has 0 spiro atoms. The van der Waals surface area contributed by atoms with Crippen molar-refractivity contribution in [1.82, 2.24) is 9.96 Å². The zero-order valence-corrected chi connectivity index (χ0v) is 11.9. The monoisotopic (exact) mass is 258 g/mol. The Morgan fingerprint density at radius 1 is 1.28 bits per heavy atom. The number of aliphatic hydroxyl groups excluding tert-OH is 1. The van der Waals surface area contributed by atoms with Crippen molar-refractivity contribution in [2.24, 2.45) is 0 Å². The molecule has 106 valence electrons. The number of hydrogen-bond donors (Lipinski definition) is 2. The van der Waals surface area contributed by atoms with E-state index in [1.54, 1.807) is 4.90 Å². The van der Waals surface area contributed by atoms with Gasteiger partial charge >= 0.3 is 0 Å². The van der Waals surface area contributed by atoms with E-state index in [1.807, 2.05) is 27.7 Å². The molecule has 1 aliphatic rings. The molecule has 1 heterocycles. The lowest BCUT2D eigenvalue weighted by Crippen LogP contribution is -2.62. The second-order valence-corrected chi connectivity index (χ2v) is 6.42. The van der Waals surface area contributed by atoms with Gasteiger partial charge in [-0.2, -0.15) is 5.06 Å². The normalized spacial score (nSPS) is 23.9. The third-order valence-corrected chi connectivity index (χ3v) is 3.80. The van der Waals surface area contributed by atoms with E-state index in [9.17, 15) is 10.0 Å². The van der Waals surface area contributed by atoms with Crippen LogP contribution in [0, 0.1) is 0 Å². The summed E-state index contributed by atoms with van der Waals surface area (Å²) in [6, 6.07) is 0.113. The highest BCUT2D eigenvalue weighted by molar-refractivity contribution is 5.48. The van der Waals surface area contributed by atoms with Gasteiger partial charge < -0.3 is 15.2 Å². The maximum Gasteiger partial charge on any atom is 0.209 e. The number of carbonyl (C=O) groups is 1. The quantitative estimate of drug-likeness (QED) is 0.728. The van der Waals surface area contributed by atoms with Crippen LogP contribution in [0.5, 0.6) is 0 Å². The summed E-state index contributed by atoms with van der Waals surface area (Å²) in [5.41, 5.74) is -0.709. The predicted octanol–water partition coefficient (Wildman–Crippen LogP) is 1.24. The fraction of sp³-hybridized carbons (Fsp3) is 0.923. The van der Waals surface area contributed by atoms with E-state index in [0.717, 1.165) is 19.3 Å². The van der Waals surface area contributed by atoms with Crippen LogP contribution in [0.4, 0.5) is 0 Å². The SMILES string of the molecule is CC1(C)CC(N(C=O)CCCO)CC(C)(C)N1O. The van der Waals surface area contributed by atoms with Crippen LogP contribution >= 0.6 is 0 Å². The van der Waals surface area contributed by atoms with Crippen molar-refractivity contribution in [1.29, 1.82) is 0 Å². The number of rotatable bonds is 5. The highest BCUT2D eigenvalue weighted by atomic mass is 16.5. The van der Waals surface area contributed by atoms with E-state index in [0.29, 0.717) is 13.0 Å². The standard InChI is InChI=1S/C13H26N2O3/c1-12(2)8-11(9-13(3,4)15(12)18)14(10-17)6-5-7-16/h10-11,16,18H,5-9H2,1-4H3. The summed E-state index contributed by atoms with van der Waals surface area (Å²) < 4.78 is 0. The first-order chi connectivity index (χ1) is 8.24. The first-order valence-corrected chi connectivity index (χ1v) is 6.56. The number of piperidine rings is 1. The van der Waals surface area contributed by atoms with Crippen molar-refractivity contribution in [3.05, 3.63) is 0 Å². The predicted molar refractivity (Wildman–Crippen MR) is 69.3 cm³/mol. The number of hydrogen-bond acceptors (Lipinski definition) is 4. The Kier molecular flexibility index (Phi) is 4.75. The molecule has 0 aromatic rings. The molecule has 1 amide bonds. The third kappa shape index (κ3) is 3.22. The van der Waals surface area contributed by atoms with Gasteiger partial charge in [-0.15, -0.1) is 0 Å². The second-order valence-electron chi connectivity index (χ2n) is 6.42. The van der Waals surface area contributed by atoms with E-state index in [2.05, 4.69) is 0 Å². The molecule has 0 radical (unpaired) electrons. The molecule has 1 rings (SSSR count). The summed E-state index contributed by atoms with van der Waals surface area (Å²) in [6.45, 7) is 8.59. The van der Waals surface area contributed by atoms with Crippen LogP contribution in [0.3, 0.4) is 0 Å². The Morgan fingerprint density at radius 3 is 2.17 bits per heavy atom. The van der Waals surface area contributed by atoms with Gasteiger partial charge in [0.1, 0.15) is 0 Å². The highest BCUT2D eigenvalue weighted by Crippen LogP contribution is 2.38. The van der Waals surface area contributed by atoms with Crippen LogP contribution in [0.15, 0.2) is 0 Å². The number of carbonyl (C=O) groups excluding carboxylic acids is 1. The van der Waals surface area contributed by atoms with Crippen molar-refractivity contribution in [3.8, 4) is 0 Å². The fourth-order valence-electron chi connectivity index (χ4n) is 3.03. The van der Waals surface area contributed by atoms with Gasteiger partial charge in [0.2, 0.25) is 6.41 Å². The summed E-state index contributed by atoms with van der Waals surface area (Å²) in [6.07, 6.45) is 2.92. The summed E-state index contributed by atoms with van der Waals surface area (Å²) in [4.78, 5) is 12.9. The van der Waals surface area contributed by atoms with Gasteiger partial charge in [0.25, 0.3) is 0 Å². The summed E-state index contributed by atoms with van der Waals surface area (Å²) in [5, 5.41) is 20.5. The molecule has 1 fully saturated rings. The van der Waals surface area contributed by atoms with Gasteiger partial charge in [-0.3, -0.25) is 4.79 Å². The topological polar surface area (TPSA) is 64.0 Å². The lowest BCUT2D eigenvalue weighted by molar-refractivity contribution is -0.251. The third-order valence-electron chi connectivity index (χ3n) is 3.80. The van der Waals surface area contributed by atoms with Gasteiger partial charge in [0.05, 0.1) is 0 Å². The maximum absolute atomic E-state index is 11.2. The highest BCUT2D eigenvalue weighted by Gasteiger charge is 2.46. The Labute approximate surface area is 109 Å². The molecule has 0 aliphatic carbocycles. The van der Waals surface area contributed by atoms with E-state index in [-0.39, 0.29) is 23.7 Å². The minimum Gasteiger partial charge on any atom is -0.396 e. The summed E-state index contributed by atoms with van der Waals surface area (Å²) in [7, 11) is 0. The minimum absolute atomic E-state index is 0.0932. The Morgan fingerprint density at radius 2 is 1.78 bits per heavy atom. The smallest absolute Gasteiger partial charge is 0.209 e. The lowest BCUT2D eigenvalue weighted by Gasteiger charge is -2.53. The molecule has 2 N–H and O–H groups in total. The molecule has 5 nitrogen and oxygen atoms in total. The number of amides is 1.